The van der Waals surface area contributed by atoms with Gasteiger partial charge in [-0.2, -0.15) is 0 Å². The first-order chi connectivity index (χ1) is 15.0. The number of rotatable bonds is 6. The lowest BCUT2D eigenvalue weighted by atomic mass is 9.64. The number of carbonyl (C=O) groups is 1. The molecule has 3 unspecified atom stereocenters. The molecule has 2 aromatic rings. The molecule has 0 saturated heterocycles. The van der Waals surface area contributed by atoms with E-state index in [1.54, 1.807) is 25.3 Å². The third-order valence-corrected chi connectivity index (χ3v) is 8.85. The summed E-state index contributed by atoms with van der Waals surface area (Å²) >= 11 is 12.5. The first kappa shape index (κ1) is 23.1. The van der Waals surface area contributed by atoms with Crippen LogP contribution < -0.4 is 10.1 Å². The molecule has 7 heteroatoms. The van der Waals surface area contributed by atoms with Gasteiger partial charge in [0.15, 0.2) is 0 Å². The normalized spacial score (nSPS) is 25.7. The summed E-state index contributed by atoms with van der Waals surface area (Å²) in [5, 5.41) is 25.1. The number of nitrogens with one attached hydrogen (secondary N) is 1. The molecule has 0 spiro atoms. The number of carboxylic acids is 1. The molecular weight excluding hydrogens is 449 g/mol. The highest BCUT2D eigenvalue weighted by Crippen LogP contribution is 2.72. The van der Waals surface area contributed by atoms with Crippen LogP contribution in [0.4, 0.5) is 5.69 Å². The molecule has 2 aliphatic rings. The largest absolute Gasteiger partial charge is 0.507 e. The summed E-state index contributed by atoms with van der Waals surface area (Å²) < 4.78 is 5.45. The Morgan fingerprint density at radius 3 is 2.53 bits per heavy atom. The minimum absolute atomic E-state index is 0.0280. The van der Waals surface area contributed by atoms with Crippen LogP contribution in [0.5, 0.6) is 11.5 Å². The number of hydrogen-bond donors (Lipinski definition) is 3. The molecule has 0 heterocycles. The molecule has 32 heavy (non-hydrogen) atoms. The Bertz CT molecular complexity index is 1080. The van der Waals surface area contributed by atoms with E-state index < -0.39 is 5.97 Å². The minimum atomic E-state index is -1.13. The van der Waals surface area contributed by atoms with Gasteiger partial charge in [0.25, 0.3) is 0 Å². The zero-order chi connectivity index (χ0) is 23.4. The van der Waals surface area contributed by atoms with Crippen LogP contribution >= 0.6 is 23.2 Å². The molecule has 172 valence electrons. The van der Waals surface area contributed by atoms with E-state index in [2.05, 4.69) is 26.1 Å². The lowest BCUT2D eigenvalue weighted by Crippen LogP contribution is -2.31. The van der Waals surface area contributed by atoms with Gasteiger partial charge < -0.3 is 20.3 Å². The molecule has 3 N–H and O–H groups in total. The number of methoxy groups -OCH3 is 1. The summed E-state index contributed by atoms with van der Waals surface area (Å²) in [5.74, 6) is -0.142. The monoisotopic (exact) mass is 477 g/mol. The van der Waals surface area contributed by atoms with Crippen LogP contribution in [0.25, 0.3) is 0 Å². The number of carboxylic acid groups (broad SMARTS) is 1. The fourth-order valence-corrected chi connectivity index (χ4v) is 6.70. The van der Waals surface area contributed by atoms with Crippen molar-refractivity contribution in [1.82, 2.24) is 0 Å². The highest BCUT2D eigenvalue weighted by atomic mass is 35.5. The zero-order valence-corrected chi connectivity index (χ0v) is 20.3. The molecule has 3 atom stereocenters. The predicted octanol–water partition coefficient (Wildman–Crippen LogP) is 6.95. The molecule has 2 saturated carbocycles. The topological polar surface area (TPSA) is 78.8 Å². The van der Waals surface area contributed by atoms with Gasteiger partial charge in [-0.05, 0) is 66.2 Å². The van der Waals surface area contributed by atoms with E-state index >= 15 is 0 Å². The first-order valence-corrected chi connectivity index (χ1v) is 11.6. The van der Waals surface area contributed by atoms with E-state index in [0.717, 1.165) is 24.1 Å². The van der Waals surface area contributed by atoms with Crippen LogP contribution in [0.1, 0.15) is 67.4 Å². The lowest BCUT2D eigenvalue weighted by molar-refractivity contribution is 0.0693. The fraction of sp³-hybridized carbons (Fsp3) is 0.480. The zero-order valence-electron chi connectivity index (χ0n) is 18.8. The fourth-order valence-electron chi connectivity index (χ4n) is 6.09. The Morgan fingerprint density at radius 2 is 1.97 bits per heavy atom. The van der Waals surface area contributed by atoms with Crippen molar-refractivity contribution >= 4 is 34.9 Å². The lowest BCUT2D eigenvalue weighted by Gasteiger charge is -2.40. The number of anilines is 1. The average molecular weight is 478 g/mol. The summed E-state index contributed by atoms with van der Waals surface area (Å²) in [6, 6.07) is 6.61. The maximum Gasteiger partial charge on any atom is 0.339 e. The van der Waals surface area contributed by atoms with E-state index in [1.165, 1.54) is 12.5 Å². The Balaban J connectivity index is 1.77. The number of halogens is 2. The summed E-state index contributed by atoms with van der Waals surface area (Å²) in [5.41, 5.74) is 2.20. The Kier molecular flexibility index (Phi) is 5.79. The van der Waals surface area contributed by atoms with Gasteiger partial charge in [-0.25, -0.2) is 4.79 Å². The summed E-state index contributed by atoms with van der Waals surface area (Å²) in [6.07, 6.45) is 3.16. The van der Waals surface area contributed by atoms with Crippen molar-refractivity contribution in [1.29, 1.82) is 0 Å². The van der Waals surface area contributed by atoms with E-state index in [-0.39, 0.29) is 28.1 Å². The van der Waals surface area contributed by atoms with Crippen molar-refractivity contribution < 1.29 is 19.7 Å². The SMILES string of the molecule is COc1c(Cl)cc(Cl)cc1CNc1ccc(C(=O)O)c(O)c1C1CC2CCC1(C)C2(C)C. The predicted molar refractivity (Wildman–Crippen MR) is 127 cm³/mol. The molecule has 4 rings (SSSR count). The number of aromatic carboxylic acids is 1. The van der Waals surface area contributed by atoms with Gasteiger partial charge in [0.2, 0.25) is 0 Å². The maximum absolute atomic E-state index is 11.8. The van der Waals surface area contributed by atoms with Crippen molar-refractivity contribution in [2.24, 2.45) is 16.7 Å². The molecule has 2 fully saturated rings. The molecule has 0 aliphatic heterocycles. The second kappa shape index (κ2) is 8.03. The van der Waals surface area contributed by atoms with Crippen LogP contribution in [-0.4, -0.2) is 23.3 Å². The van der Waals surface area contributed by atoms with Crippen LogP contribution in [-0.2, 0) is 6.54 Å². The number of hydrogen-bond acceptors (Lipinski definition) is 4. The Hall–Kier alpha value is -2.11. The first-order valence-electron chi connectivity index (χ1n) is 10.9. The van der Waals surface area contributed by atoms with Gasteiger partial charge in [0.1, 0.15) is 17.1 Å². The minimum Gasteiger partial charge on any atom is -0.507 e. The summed E-state index contributed by atoms with van der Waals surface area (Å²) in [6.45, 7) is 7.24. The summed E-state index contributed by atoms with van der Waals surface area (Å²) in [4.78, 5) is 11.8. The second-order valence-electron chi connectivity index (χ2n) is 9.82. The summed E-state index contributed by atoms with van der Waals surface area (Å²) in [7, 11) is 1.55. The van der Waals surface area contributed by atoms with Gasteiger partial charge >= 0.3 is 5.97 Å². The van der Waals surface area contributed by atoms with Gasteiger partial charge in [-0.3, -0.25) is 0 Å². The number of benzene rings is 2. The van der Waals surface area contributed by atoms with Crippen LogP contribution in [0, 0.1) is 16.7 Å². The third-order valence-electron chi connectivity index (χ3n) is 8.35. The molecule has 0 aromatic heterocycles. The Labute approximate surface area is 198 Å². The van der Waals surface area contributed by atoms with E-state index in [4.69, 9.17) is 27.9 Å². The van der Waals surface area contributed by atoms with Crippen molar-refractivity contribution in [3.05, 3.63) is 51.0 Å². The van der Waals surface area contributed by atoms with E-state index in [1.807, 2.05) is 0 Å². The van der Waals surface area contributed by atoms with Crippen LogP contribution in [0.15, 0.2) is 24.3 Å². The van der Waals surface area contributed by atoms with E-state index in [9.17, 15) is 15.0 Å². The second-order valence-corrected chi connectivity index (χ2v) is 10.7. The van der Waals surface area contributed by atoms with Gasteiger partial charge in [-0.15, -0.1) is 0 Å². The maximum atomic E-state index is 11.8. The molecule has 0 amide bonds. The molecule has 2 aromatic carbocycles. The number of aromatic hydroxyl groups is 1. The molecule has 2 aliphatic carbocycles. The molecule has 2 bridgehead atoms. The smallest absolute Gasteiger partial charge is 0.339 e. The highest BCUT2D eigenvalue weighted by molar-refractivity contribution is 6.35. The van der Waals surface area contributed by atoms with Crippen molar-refractivity contribution in [2.45, 2.75) is 52.5 Å². The highest BCUT2D eigenvalue weighted by Gasteiger charge is 2.62. The van der Waals surface area contributed by atoms with Crippen molar-refractivity contribution in [3.8, 4) is 11.5 Å². The molecule has 0 radical (unpaired) electrons. The quantitative estimate of drug-likeness (QED) is 0.419. The molecular formula is C25H29Cl2NO4. The molecule has 5 nitrogen and oxygen atoms in total. The average Bonchev–Trinajstić information content (AvgIpc) is 3.05. The van der Waals surface area contributed by atoms with Crippen LogP contribution in [0.2, 0.25) is 10.0 Å². The third kappa shape index (κ3) is 3.41. The van der Waals surface area contributed by atoms with Crippen molar-refractivity contribution in [3.63, 3.8) is 0 Å². The number of ether oxygens (including phenoxy) is 1. The Morgan fingerprint density at radius 1 is 1.25 bits per heavy atom. The van der Waals surface area contributed by atoms with Crippen LogP contribution in [0.3, 0.4) is 0 Å². The van der Waals surface area contributed by atoms with Crippen molar-refractivity contribution in [2.75, 3.05) is 12.4 Å². The number of fused-ring (bicyclic) bond motifs is 2. The number of phenols is 1. The van der Waals surface area contributed by atoms with E-state index in [0.29, 0.717) is 33.8 Å². The van der Waals surface area contributed by atoms with Gasteiger partial charge in [-0.1, -0.05) is 44.0 Å². The standard InChI is InChI=1S/C25H29Cl2NO4/c1-24(2)14-7-8-25(24,3)17(10-14)20-19(6-5-16(21(20)29)23(30)31)28-12-13-9-15(26)11-18(27)22(13)32-4/h5-6,9,11,14,17,28-29H,7-8,10,12H2,1-4H3,(H,30,31). The van der Waals surface area contributed by atoms with Gasteiger partial charge in [0, 0.05) is 28.4 Å². The van der Waals surface area contributed by atoms with Gasteiger partial charge in [0.05, 0.1) is 12.1 Å².